The summed E-state index contributed by atoms with van der Waals surface area (Å²) < 4.78 is 5.37. The molecule has 0 aromatic heterocycles. The third kappa shape index (κ3) is 3.39. The monoisotopic (exact) mass is 279 g/mol. The van der Waals surface area contributed by atoms with Crippen molar-refractivity contribution < 1.29 is 19.8 Å². The van der Waals surface area contributed by atoms with Gasteiger partial charge in [0, 0.05) is 19.0 Å². The van der Waals surface area contributed by atoms with Gasteiger partial charge >= 0.3 is 6.09 Å². The van der Waals surface area contributed by atoms with Crippen molar-refractivity contribution >= 4 is 23.5 Å². The Morgan fingerprint density at radius 3 is 2.56 bits per heavy atom. The van der Waals surface area contributed by atoms with E-state index in [9.17, 15) is 4.79 Å². The molecule has 1 heterocycles. The number of carbonyl (C=O) groups is 1. The summed E-state index contributed by atoms with van der Waals surface area (Å²) in [5.74, 6) is 0.454. The van der Waals surface area contributed by atoms with Crippen molar-refractivity contribution in [3.8, 4) is 0 Å². The molecule has 0 aliphatic carbocycles. The topological polar surface area (TPSA) is 108 Å². The third-order valence-corrected chi connectivity index (χ3v) is 3.40. The summed E-state index contributed by atoms with van der Waals surface area (Å²) in [5.41, 5.74) is 5.10. The molecule has 7 nitrogen and oxygen atoms in total. The van der Waals surface area contributed by atoms with Crippen LogP contribution in [0.2, 0.25) is 0 Å². The van der Waals surface area contributed by atoms with Crippen molar-refractivity contribution in [1.29, 1.82) is 0 Å². The quantitative estimate of drug-likeness (QED) is 0.172. The molecule has 0 aromatic carbocycles. The minimum atomic E-state index is -0.954. The van der Waals surface area contributed by atoms with E-state index in [2.05, 4.69) is 5.16 Å². The molecule has 1 aliphatic rings. The van der Waals surface area contributed by atoms with Gasteiger partial charge in [-0.2, -0.15) is 0 Å². The number of oxime groups is 1. The first-order valence-electron chi connectivity index (χ1n) is 5.65. The summed E-state index contributed by atoms with van der Waals surface area (Å²) in [7, 11) is 0. The van der Waals surface area contributed by atoms with E-state index < -0.39 is 11.5 Å². The predicted octanol–water partition coefficient (Wildman–Crippen LogP) is 0.748. The Balaban J connectivity index is 2.67. The lowest BCUT2D eigenvalue weighted by molar-refractivity contribution is 0.0433. The largest absolute Gasteiger partial charge is 0.465 e. The number of halogens is 1. The van der Waals surface area contributed by atoms with E-state index in [0.29, 0.717) is 38.4 Å². The number of hydrogen-bond acceptors (Lipinski definition) is 4. The van der Waals surface area contributed by atoms with Crippen molar-refractivity contribution in [3.63, 3.8) is 0 Å². The molecule has 1 rings (SSSR count). The second-order valence-corrected chi connectivity index (χ2v) is 4.65. The first-order chi connectivity index (χ1) is 8.55. The number of likely N-dealkylation sites (tertiary alicyclic amines) is 1. The van der Waals surface area contributed by atoms with Gasteiger partial charge in [0.05, 0.1) is 18.6 Å². The van der Waals surface area contributed by atoms with Gasteiger partial charge in [0.15, 0.2) is 0 Å². The molecule has 1 amide bonds. The van der Waals surface area contributed by atoms with Crippen LogP contribution in [0.5, 0.6) is 0 Å². The summed E-state index contributed by atoms with van der Waals surface area (Å²) in [6.45, 7) is 1.35. The molecule has 8 heteroatoms. The fourth-order valence-corrected chi connectivity index (χ4v) is 2.14. The molecule has 0 radical (unpaired) electrons. The molecule has 0 spiro atoms. The number of ether oxygens (including phenoxy) is 1. The Morgan fingerprint density at radius 1 is 1.50 bits per heavy atom. The van der Waals surface area contributed by atoms with Crippen LogP contribution in [0.25, 0.3) is 0 Å². The smallest absolute Gasteiger partial charge is 0.407 e. The van der Waals surface area contributed by atoms with Crippen LogP contribution in [0.15, 0.2) is 5.16 Å². The Hall–Kier alpha value is -1.21. The maximum atomic E-state index is 10.8. The van der Waals surface area contributed by atoms with Crippen LogP contribution in [0.4, 0.5) is 4.79 Å². The van der Waals surface area contributed by atoms with Crippen molar-refractivity contribution in [3.05, 3.63) is 0 Å². The summed E-state index contributed by atoms with van der Waals surface area (Å²) in [6.07, 6.45) is -0.0145. The number of rotatable bonds is 5. The highest BCUT2D eigenvalue weighted by Gasteiger charge is 2.40. The second-order valence-electron chi connectivity index (χ2n) is 4.28. The van der Waals surface area contributed by atoms with Gasteiger partial charge in [-0.25, -0.2) is 4.79 Å². The number of amides is 1. The molecule has 0 aromatic rings. The van der Waals surface area contributed by atoms with Gasteiger partial charge in [-0.1, -0.05) is 5.16 Å². The minimum Gasteiger partial charge on any atom is -0.465 e. The lowest BCUT2D eigenvalue weighted by atomic mass is 9.78. The molecule has 1 fully saturated rings. The zero-order valence-corrected chi connectivity index (χ0v) is 10.8. The number of alkyl halides is 1. The molecule has 4 N–H and O–H groups in total. The van der Waals surface area contributed by atoms with Crippen molar-refractivity contribution in [2.75, 3.05) is 32.2 Å². The fourth-order valence-electron chi connectivity index (χ4n) is 2.03. The van der Waals surface area contributed by atoms with Crippen molar-refractivity contribution in [2.24, 2.45) is 16.3 Å². The summed E-state index contributed by atoms with van der Waals surface area (Å²) >= 11 is 5.52. The molecule has 104 valence electrons. The Labute approximate surface area is 110 Å². The number of carboxylic acid groups (broad SMARTS) is 1. The van der Waals surface area contributed by atoms with Gasteiger partial charge in [0.2, 0.25) is 0 Å². The molecular weight excluding hydrogens is 262 g/mol. The Bertz CT molecular complexity index is 316. The zero-order valence-electron chi connectivity index (χ0n) is 10.0. The van der Waals surface area contributed by atoms with E-state index in [-0.39, 0.29) is 12.4 Å². The van der Waals surface area contributed by atoms with Gasteiger partial charge in [-0.15, -0.1) is 11.6 Å². The van der Waals surface area contributed by atoms with E-state index in [1.54, 1.807) is 0 Å². The Kier molecular flexibility index (Phi) is 5.49. The predicted molar refractivity (Wildman–Crippen MR) is 66.2 cm³/mol. The van der Waals surface area contributed by atoms with Gasteiger partial charge in [0.25, 0.3) is 0 Å². The third-order valence-electron chi connectivity index (χ3n) is 3.24. The SMILES string of the molecule is NC(=NO)C1(COCCCl)CCN(C(=O)O)CC1. The van der Waals surface area contributed by atoms with E-state index in [1.165, 1.54) is 4.90 Å². The minimum absolute atomic E-state index is 0.0853. The second kappa shape index (κ2) is 6.65. The van der Waals surface area contributed by atoms with Gasteiger partial charge in [0.1, 0.15) is 5.84 Å². The number of piperidine rings is 1. The van der Waals surface area contributed by atoms with Crippen LogP contribution in [0.3, 0.4) is 0 Å². The van der Waals surface area contributed by atoms with Crippen LogP contribution in [-0.4, -0.2) is 59.3 Å². The van der Waals surface area contributed by atoms with Crippen LogP contribution < -0.4 is 5.73 Å². The first kappa shape index (κ1) is 14.8. The van der Waals surface area contributed by atoms with E-state index >= 15 is 0 Å². The number of nitrogens with zero attached hydrogens (tertiary/aromatic N) is 2. The standard InChI is InChI=1S/C10H18ClN3O4/c11-3-6-18-7-10(8(12)13-17)1-4-14(5-2-10)9(15)16/h17H,1-7H2,(H2,12,13)(H,15,16). The molecule has 0 saturated carbocycles. The van der Waals surface area contributed by atoms with Crippen LogP contribution in [-0.2, 0) is 4.74 Å². The molecule has 1 saturated heterocycles. The normalized spacial score (nSPS) is 19.8. The number of amidine groups is 1. The lowest BCUT2D eigenvalue weighted by Gasteiger charge is -2.39. The maximum absolute atomic E-state index is 10.8. The van der Waals surface area contributed by atoms with Crippen LogP contribution >= 0.6 is 11.6 Å². The summed E-state index contributed by atoms with van der Waals surface area (Å²) in [5, 5.41) is 20.8. The van der Waals surface area contributed by atoms with Gasteiger partial charge in [-0.05, 0) is 12.8 Å². The highest BCUT2D eigenvalue weighted by atomic mass is 35.5. The van der Waals surface area contributed by atoms with Crippen LogP contribution in [0, 0.1) is 5.41 Å². The summed E-state index contributed by atoms with van der Waals surface area (Å²) in [6, 6.07) is 0. The van der Waals surface area contributed by atoms with Crippen LogP contribution in [0.1, 0.15) is 12.8 Å². The van der Waals surface area contributed by atoms with E-state index in [4.69, 9.17) is 32.4 Å². The van der Waals surface area contributed by atoms with Gasteiger partial charge < -0.3 is 25.7 Å². The maximum Gasteiger partial charge on any atom is 0.407 e. The average Bonchev–Trinajstić information content (AvgIpc) is 2.38. The molecule has 1 aliphatic heterocycles. The number of hydrogen-bond donors (Lipinski definition) is 3. The molecule has 0 atom stereocenters. The van der Waals surface area contributed by atoms with Crippen molar-refractivity contribution in [1.82, 2.24) is 4.90 Å². The van der Waals surface area contributed by atoms with E-state index in [0.717, 1.165) is 0 Å². The molecule has 18 heavy (non-hydrogen) atoms. The molecule has 0 unspecified atom stereocenters. The molecular formula is C10H18ClN3O4. The zero-order chi connectivity index (χ0) is 13.6. The van der Waals surface area contributed by atoms with Gasteiger partial charge in [-0.3, -0.25) is 0 Å². The Morgan fingerprint density at radius 2 is 2.11 bits per heavy atom. The summed E-state index contributed by atoms with van der Waals surface area (Å²) in [4.78, 5) is 12.1. The average molecular weight is 280 g/mol. The fraction of sp³-hybridized carbons (Fsp3) is 0.800. The first-order valence-corrected chi connectivity index (χ1v) is 6.19. The van der Waals surface area contributed by atoms with Crippen molar-refractivity contribution in [2.45, 2.75) is 12.8 Å². The highest BCUT2D eigenvalue weighted by Crippen LogP contribution is 2.32. The highest BCUT2D eigenvalue weighted by molar-refractivity contribution is 6.17. The lowest BCUT2D eigenvalue weighted by Crippen LogP contribution is -2.51. The van der Waals surface area contributed by atoms with E-state index in [1.807, 2.05) is 0 Å². The number of nitrogens with two attached hydrogens (primary N) is 1. The molecule has 0 bridgehead atoms.